The molecule has 118 valence electrons. The maximum atomic E-state index is 11.3. The van der Waals surface area contributed by atoms with E-state index in [1.165, 1.54) is 18.3 Å². The zero-order valence-electron chi connectivity index (χ0n) is 11.7. The van der Waals surface area contributed by atoms with Crippen molar-refractivity contribution < 1.29 is 8.42 Å². The molecule has 1 aromatic carbocycles. The van der Waals surface area contributed by atoms with Crippen molar-refractivity contribution in [3.8, 4) is 5.69 Å². The number of hydrogen-bond donors (Lipinski definition) is 2. The number of rotatable bonds is 4. The first-order valence-corrected chi connectivity index (χ1v) is 7.88. The summed E-state index contributed by atoms with van der Waals surface area (Å²) >= 11 is 0. The van der Waals surface area contributed by atoms with Gasteiger partial charge in [0.2, 0.25) is 10.0 Å². The summed E-state index contributed by atoms with van der Waals surface area (Å²) in [5, 5.41) is 19.6. The number of aromatic nitrogens is 5. The van der Waals surface area contributed by atoms with Crippen molar-refractivity contribution >= 4 is 22.2 Å². The molecule has 0 saturated carbocycles. The zero-order chi connectivity index (χ0) is 16.4. The van der Waals surface area contributed by atoms with Crippen LogP contribution < -0.4 is 10.9 Å². The summed E-state index contributed by atoms with van der Waals surface area (Å²) in [6.07, 6.45) is 3.33. The molecule has 0 spiro atoms. The quantitative estimate of drug-likeness (QED) is 0.620. The van der Waals surface area contributed by atoms with Crippen molar-refractivity contribution in [3.63, 3.8) is 0 Å². The van der Waals surface area contributed by atoms with Gasteiger partial charge in [0.15, 0.2) is 0 Å². The number of nitrogens with two attached hydrogens (primary N) is 2. The highest BCUT2D eigenvalue weighted by Crippen LogP contribution is 2.15. The monoisotopic (exact) mass is 332 g/mol. The molecule has 23 heavy (non-hydrogen) atoms. The van der Waals surface area contributed by atoms with Gasteiger partial charge in [0, 0.05) is 11.9 Å². The van der Waals surface area contributed by atoms with Crippen LogP contribution in [0.5, 0.6) is 0 Å². The van der Waals surface area contributed by atoms with E-state index in [-0.39, 0.29) is 10.8 Å². The summed E-state index contributed by atoms with van der Waals surface area (Å²) in [5.41, 5.74) is 6.99. The first kappa shape index (κ1) is 14.9. The number of benzene rings is 1. The molecule has 0 unspecified atom stereocenters. The molecule has 2 aromatic heterocycles. The number of nitrogens with zero attached hydrogens (tertiary/aromatic N) is 6. The van der Waals surface area contributed by atoms with E-state index in [4.69, 9.17) is 10.9 Å². The van der Waals surface area contributed by atoms with E-state index in [0.717, 1.165) is 16.2 Å². The average molecular weight is 332 g/mol. The lowest BCUT2D eigenvalue weighted by molar-refractivity contribution is 0.598. The molecule has 2 heterocycles. The van der Waals surface area contributed by atoms with Crippen LogP contribution in [-0.4, -0.2) is 39.5 Å². The lowest BCUT2D eigenvalue weighted by Crippen LogP contribution is -2.12. The second-order valence-electron chi connectivity index (χ2n) is 4.51. The van der Waals surface area contributed by atoms with Gasteiger partial charge in [-0.1, -0.05) is 9.89 Å². The molecule has 0 radical (unpaired) electrons. The lowest BCUT2D eigenvalue weighted by Gasteiger charge is -2.07. The second-order valence-corrected chi connectivity index (χ2v) is 6.07. The van der Waals surface area contributed by atoms with E-state index >= 15 is 0 Å². The summed E-state index contributed by atoms with van der Waals surface area (Å²) in [6.45, 7) is 0. The van der Waals surface area contributed by atoms with Crippen LogP contribution in [0.3, 0.4) is 0 Å². The van der Waals surface area contributed by atoms with Gasteiger partial charge >= 0.3 is 0 Å². The van der Waals surface area contributed by atoms with Gasteiger partial charge in [0.1, 0.15) is 0 Å². The molecular weight excluding hydrogens is 320 g/mol. The van der Waals surface area contributed by atoms with Gasteiger partial charge in [-0.05, 0) is 46.8 Å². The molecule has 0 aliphatic heterocycles. The normalized spacial score (nSPS) is 12.0. The SMILES string of the molecule is Nc1nnnn1/N=C/c1cccn1-c1ccc(S(N)(=O)=O)cc1. The largest absolute Gasteiger partial charge is 0.365 e. The predicted molar refractivity (Wildman–Crippen MR) is 82.4 cm³/mol. The van der Waals surface area contributed by atoms with Crippen LogP contribution in [0.25, 0.3) is 5.69 Å². The van der Waals surface area contributed by atoms with Crippen LogP contribution in [0, 0.1) is 0 Å². The summed E-state index contributed by atoms with van der Waals surface area (Å²) in [4.78, 5) is 1.13. The van der Waals surface area contributed by atoms with Crippen LogP contribution >= 0.6 is 0 Å². The summed E-state index contributed by atoms with van der Waals surface area (Å²) in [7, 11) is -3.72. The molecule has 0 amide bonds. The number of nitrogen functional groups attached to an aromatic ring is 1. The predicted octanol–water partition coefficient (Wildman–Crippen LogP) is -0.424. The number of sulfonamides is 1. The molecule has 0 atom stereocenters. The minimum absolute atomic E-state index is 0.0464. The van der Waals surface area contributed by atoms with Gasteiger partial charge in [-0.15, -0.1) is 0 Å². The van der Waals surface area contributed by atoms with E-state index in [1.807, 2.05) is 12.1 Å². The zero-order valence-corrected chi connectivity index (χ0v) is 12.5. The molecule has 3 aromatic rings. The van der Waals surface area contributed by atoms with Gasteiger partial charge in [-0.2, -0.15) is 5.10 Å². The molecule has 10 nitrogen and oxygen atoms in total. The Morgan fingerprint density at radius 2 is 1.91 bits per heavy atom. The fraction of sp³-hybridized carbons (Fsp3) is 0. The average Bonchev–Trinajstić information content (AvgIpc) is 3.13. The molecule has 0 bridgehead atoms. The number of anilines is 1. The van der Waals surface area contributed by atoms with Gasteiger partial charge in [0.25, 0.3) is 5.95 Å². The number of primary sulfonamides is 1. The Morgan fingerprint density at radius 3 is 2.52 bits per heavy atom. The Kier molecular flexibility index (Phi) is 3.64. The van der Waals surface area contributed by atoms with Gasteiger partial charge in [-0.3, -0.25) is 0 Å². The fourth-order valence-electron chi connectivity index (χ4n) is 1.92. The topological polar surface area (TPSA) is 147 Å². The van der Waals surface area contributed by atoms with Crippen LogP contribution in [0.2, 0.25) is 0 Å². The maximum absolute atomic E-state index is 11.3. The van der Waals surface area contributed by atoms with E-state index in [2.05, 4.69) is 20.6 Å². The highest BCUT2D eigenvalue weighted by Gasteiger charge is 2.08. The highest BCUT2D eigenvalue weighted by molar-refractivity contribution is 7.89. The number of tetrazole rings is 1. The molecule has 4 N–H and O–H groups in total. The van der Waals surface area contributed by atoms with E-state index < -0.39 is 10.0 Å². The third-order valence-corrected chi connectivity index (χ3v) is 3.93. The summed E-state index contributed by atoms with van der Waals surface area (Å²) in [5.74, 6) is 0.0665. The summed E-state index contributed by atoms with van der Waals surface area (Å²) < 4.78 is 24.4. The van der Waals surface area contributed by atoms with Crippen molar-refractivity contribution in [2.75, 3.05) is 5.73 Å². The molecule has 11 heteroatoms. The van der Waals surface area contributed by atoms with Gasteiger partial charge in [-0.25, -0.2) is 13.6 Å². The molecule has 0 saturated heterocycles. The third kappa shape index (κ3) is 3.09. The molecule has 3 rings (SSSR count). The van der Waals surface area contributed by atoms with E-state index in [0.29, 0.717) is 0 Å². The van der Waals surface area contributed by atoms with Crippen LogP contribution in [0.1, 0.15) is 5.69 Å². The Bertz CT molecular complexity index is 955. The second kappa shape index (κ2) is 5.62. The smallest absolute Gasteiger partial charge is 0.263 e. The van der Waals surface area contributed by atoms with Crippen LogP contribution in [0.15, 0.2) is 52.6 Å². The minimum Gasteiger partial charge on any atom is -0.365 e. The first-order valence-electron chi connectivity index (χ1n) is 6.34. The van der Waals surface area contributed by atoms with Crippen molar-refractivity contribution in [3.05, 3.63) is 48.3 Å². The lowest BCUT2D eigenvalue weighted by atomic mass is 10.3. The first-order chi connectivity index (χ1) is 10.9. The van der Waals surface area contributed by atoms with Crippen molar-refractivity contribution in [1.29, 1.82) is 0 Å². The Hall–Kier alpha value is -3.05. The van der Waals surface area contributed by atoms with Crippen molar-refractivity contribution in [2.24, 2.45) is 10.2 Å². The number of hydrogen-bond acceptors (Lipinski definition) is 7. The van der Waals surface area contributed by atoms with E-state index in [9.17, 15) is 8.42 Å². The molecule has 0 fully saturated rings. The molecule has 0 aliphatic carbocycles. The Morgan fingerprint density at radius 1 is 1.17 bits per heavy atom. The maximum Gasteiger partial charge on any atom is 0.263 e. The Balaban J connectivity index is 1.92. The molecular formula is C12H12N8O2S. The van der Waals surface area contributed by atoms with E-state index in [1.54, 1.807) is 22.9 Å². The van der Waals surface area contributed by atoms with Crippen LogP contribution in [-0.2, 0) is 10.0 Å². The fourth-order valence-corrected chi connectivity index (χ4v) is 2.43. The van der Waals surface area contributed by atoms with Gasteiger partial charge < -0.3 is 10.3 Å². The molecule has 0 aliphatic rings. The standard InChI is InChI=1S/C12H12N8O2S/c13-12-16-17-18-20(12)15-8-10-2-1-7-19(10)9-3-5-11(6-4-9)23(14,21)22/h1-8H,(H2,13,16,18)(H2,14,21,22)/b15-8+. The Labute approximate surface area is 131 Å². The van der Waals surface area contributed by atoms with Crippen molar-refractivity contribution in [2.45, 2.75) is 4.90 Å². The third-order valence-electron chi connectivity index (χ3n) is 3.00. The van der Waals surface area contributed by atoms with Crippen molar-refractivity contribution in [1.82, 2.24) is 24.9 Å². The highest BCUT2D eigenvalue weighted by atomic mass is 32.2. The minimum atomic E-state index is -3.72. The summed E-state index contributed by atoms with van der Waals surface area (Å²) in [6, 6.07) is 9.79. The van der Waals surface area contributed by atoms with Gasteiger partial charge in [0.05, 0.1) is 16.8 Å². The van der Waals surface area contributed by atoms with Crippen LogP contribution in [0.4, 0.5) is 5.95 Å².